The molecule has 5 atom stereocenters. The number of rotatable bonds is 5. The molecule has 7 nitrogen and oxygen atoms in total. The second-order valence-corrected chi connectivity index (χ2v) is 11.1. The topological polar surface area (TPSA) is 87.7 Å². The van der Waals surface area contributed by atoms with Crippen molar-refractivity contribution in [3.8, 4) is 0 Å². The summed E-state index contributed by atoms with van der Waals surface area (Å²) in [6.45, 7) is 4.24. The van der Waals surface area contributed by atoms with E-state index in [0.29, 0.717) is 25.9 Å². The summed E-state index contributed by atoms with van der Waals surface area (Å²) in [5.74, 6) is -0.508. The molecule has 0 aromatic heterocycles. The second-order valence-electron chi connectivity index (χ2n) is 11.1. The molecule has 7 heteroatoms. The van der Waals surface area contributed by atoms with Crippen LogP contribution in [0, 0.1) is 11.3 Å². The summed E-state index contributed by atoms with van der Waals surface area (Å²) in [4.78, 5) is 42.3. The molecule has 1 saturated carbocycles. The van der Waals surface area contributed by atoms with Gasteiger partial charge in [0, 0.05) is 24.2 Å². The highest BCUT2D eigenvalue weighted by atomic mass is 16.5. The number of ether oxygens (including phenoxy) is 1. The van der Waals surface area contributed by atoms with Crippen molar-refractivity contribution in [3.63, 3.8) is 0 Å². The van der Waals surface area contributed by atoms with E-state index in [9.17, 15) is 14.4 Å². The van der Waals surface area contributed by atoms with Crippen LogP contribution in [-0.4, -0.2) is 47.5 Å². The average molecular weight is 482 g/mol. The van der Waals surface area contributed by atoms with Crippen molar-refractivity contribution in [2.75, 3.05) is 6.61 Å². The highest BCUT2D eigenvalue weighted by molar-refractivity contribution is 5.94. The molecular formula is C28H39N3O4. The number of amides is 3. The number of carbonyl (C=O) groups excluding carboxylic acids is 3. The molecule has 1 unspecified atom stereocenters. The number of fused-ring (bicyclic) bond motifs is 2. The van der Waals surface area contributed by atoms with Crippen molar-refractivity contribution in [1.82, 2.24) is 15.5 Å². The van der Waals surface area contributed by atoms with Crippen LogP contribution in [0.5, 0.6) is 0 Å². The zero-order chi connectivity index (χ0) is 24.6. The normalized spacial score (nSPS) is 30.3. The summed E-state index contributed by atoms with van der Waals surface area (Å²) in [5, 5.41) is 6.31. The summed E-state index contributed by atoms with van der Waals surface area (Å²) in [7, 11) is 0. The molecule has 2 aliphatic heterocycles. The molecule has 3 amide bonds. The van der Waals surface area contributed by atoms with Gasteiger partial charge in [0.05, 0.1) is 12.6 Å². The Balaban J connectivity index is 1.42. The molecule has 3 fully saturated rings. The van der Waals surface area contributed by atoms with Crippen molar-refractivity contribution in [3.05, 3.63) is 35.4 Å². The van der Waals surface area contributed by atoms with Gasteiger partial charge in [-0.15, -0.1) is 0 Å². The van der Waals surface area contributed by atoms with Crippen molar-refractivity contribution >= 4 is 17.7 Å². The molecule has 4 aliphatic rings. The van der Waals surface area contributed by atoms with Crippen LogP contribution in [0.4, 0.5) is 0 Å². The number of hydrogen-bond donors (Lipinski definition) is 2. The molecule has 2 N–H and O–H groups in total. The maximum absolute atomic E-state index is 14.0. The average Bonchev–Trinajstić information content (AvgIpc) is 3.43. The second kappa shape index (κ2) is 9.92. The first-order chi connectivity index (χ1) is 16.9. The predicted molar refractivity (Wildman–Crippen MR) is 132 cm³/mol. The van der Waals surface area contributed by atoms with Gasteiger partial charge in [-0.05, 0) is 49.7 Å². The van der Waals surface area contributed by atoms with Gasteiger partial charge in [0.15, 0.2) is 0 Å². The third kappa shape index (κ3) is 4.48. The molecule has 1 aromatic carbocycles. The fourth-order valence-corrected chi connectivity index (χ4v) is 6.80. The van der Waals surface area contributed by atoms with Gasteiger partial charge in [-0.3, -0.25) is 14.4 Å². The van der Waals surface area contributed by atoms with E-state index in [1.807, 2.05) is 19.9 Å². The van der Waals surface area contributed by atoms with Crippen molar-refractivity contribution in [2.24, 2.45) is 11.3 Å². The molecule has 1 spiro atoms. The minimum Gasteiger partial charge on any atom is -0.358 e. The Labute approximate surface area is 208 Å². The van der Waals surface area contributed by atoms with E-state index in [0.717, 1.165) is 44.9 Å². The smallest absolute Gasteiger partial charge is 0.247 e. The molecule has 0 bridgehead atoms. The SMILES string of the molecule is CC[C@@H](C)C(=O)N[C@H]1CCO[C@H]2CC3(CCCC3)C(C(=O)N[C@@H]3CCCc4ccccc43)N2C1=O. The maximum atomic E-state index is 14.0. The maximum Gasteiger partial charge on any atom is 0.247 e. The van der Waals surface area contributed by atoms with E-state index < -0.39 is 18.3 Å². The first-order valence-electron chi connectivity index (χ1n) is 13.6. The van der Waals surface area contributed by atoms with Crippen LogP contribution < -0.4 is 10.6 Å². The van der Waals surface area contributed by atoms with Gasteiger partial charge in [-0.25, -0.2) is 0 Å². The Morgan fingerprint density at radius 2 is 1.89 bits per heavy atom. The zero-order valence-corrected chi connectivity index (χ0v) is 21.1. The molecule has 5 rings (SSSR count). The van der Waals surface area contributed by atoms with Gasteiger partial charge in [-0.2, -0.15) is 0 Å². The molecule has 0 radical (unpaired) electrons. The summed E-state index contributed by atoms with van der Waals surface area (Å²) in [5.41, 5.74) is 2.24. The summed E-state index contributed by atoms with van der Waals surface area (Å²) in [6, 6.07) is 7.11. The summed E-state index contributed by atoms with van der Waals surface area (Å²) in [6.07, 6.45) is 8.42. The molecule has 190 valence electrons. The minimum atomic E-state index is -0.649. The Kier molecular flexibility index (Phi) is 6.88. The first kappa shape index (κ1) is 24.3. The van der Waals surface area contributed by atoms with Gasteiger partial charge >= 0.3 is 0 Å². The summed E-state index contributed by atoms with van der Waals surface area (Å²) >= 11 is 0. The molecular weight excluding hydrogens is 442 g/mol. The largest absolute Gasteiger partial charge is 0.358 e. The van der Waals surface area contributed by atoms with Crippen LogP contribution in [0.3, 0.4) is 0 Å². The third-order valence-corrected chi connectivity index (χ3v) is 8.93. The van der Waals surface area contributed by atoms with Crippen molar-refractivity contribution in [1.29, 1.82) is 0 Å². The Bertz CT molecular complexity index is 973. The summed E-state index contributed by atoms with van der Waals surface area (Å²) < 4.78 is 6.18. The van der Waals surface area contributed by atoms with Crippen LogP contribution in [0.15, 0.2) is 24.3 Å². The predicted octanol–water partition coefficient (Wildman–Crippen LogP) is 3.62. The van der Waals surface area contributed by atoms with E-state index in [4.69, 9.17) is 4.74 Å². The fraction of sp³-hybridized carbons (Fsp3) is 0.679. The van der Waals surface area contributed by atoms with Crippen LogP contribution in [0.1, 0.15) is 88.8 Å². The lowest BCUT2D eigenvalue weighted by atomic mass is 9.77. The monoisotopic (exact) mass is 481 g/mol. The quantitative estimate of drug-likeness (QED) is 0.673. The van der Waals surface area contributed by atoms with Crippen LogP contribution in [-0.2, 0) is 25.5 Å². The van der Waals surface area contributed by atoms with E-state index in [2.05, 4.69) is 28.8 Å². The standard InChI is InChI=1S/C28H39N3O4/c1-3-18(2)25(32)30-22-13-16-35-23-17-28(14-6-7-15-28)24(31(23)27(22)34)26(33)29-21-12-8-10-19-9-4-5-11-20(19)21/h4-5,9,11,18,21-24H,3,6-8,10,12-17H2,1-2H3,(H,29,33)(H,30,32)/t18-,21-,22+,23+,24?/m1/s1. The Morgan fingerprint density at radius 1 is 1.11 bits per heavy atom. The number of carbonyl (C=O) groups is 3. The van der Waals surface area contributed by atoms with Crippen LogP contribution in [0.2, 0.25) is 0 Å². The molecule has 35 heavy (non-hydrogen) atoms. The lowest BCUT2D eigenvalue weighted by Gasteiger charge is -2.37. The number of benzene rings is 1. The fourth-order valence-electron chi connectivity index (χ4n) is 6.80. The van der Waals surface area contributed by atoms with Gasteiger partial charge < -0.3 is 20.3 Å². The van der Waals surface area contributed by atoms with Gasteiger partial charge in [0.25, 0.3) is 0 Å². The Hall–Kier alpha value is -2.41. The number of nitrogens with one attached hydrogen (secondary N) is 2. The van der Waals surface area contributed by atoms with Gasteiger partial charge in [-0.1, -0.05) is 51.0 Å². The Morgan fingerprint density at radius 3 is 2.66 bits per heavy atom. The van der Waals surface area contributed by atoms with E-state index in [1.165, 1.54) is 11.1 Å². The lowest BCUT2D eigenvalue weighted by molar-refractivity contribution is -0.150. The highest BCUT2D eigenvalue weighted by Crippen LogP contribution is 2.53. The molecule has 2 saturated heterocycles. The third-order valence-electron chi connectivity index (χ3n) is 8.93. The van der Waals surface area contributed by atoms with Crippen molar-refractivity contribution in [2.45, 2.75) is 102 Å². The number of hydrogen-bond acceptors (Lipinski definition) is 4. The van der Waals surface area contributed by atoms with Gasteiger partial charge in [0.2, 0.25) is 17.7 Å². The molecule has 2 aliphatic carbocycles. The molecule has 1 aromatic rings. The van der Waals surface area contributed by atoms with Crippen LogP contribution in [0.25, 0.3) is 0 Å². The zero-order valence-electron chi connectivity index (χ0n) is 21.1. The minimum absolute atomic E-state index is 0.0335. The van der Waals surface area contributed by atoms with Gasteiger partial charge in [0.1, 0.15) is 18.3 Å². The van der Waals surface area contributed by atoms with E-state index >= 15 is 0 Å². The molecule has 2 heterocycles. The highest BCUT2D eigenvalue weighted by Gasteiger charge is 2.59. The lowest BCUT2D eigenvalue weighted by Crippen LogP contribution is -2.58. The van der Waals surface area contributed by atoms with Crippen molar-refractivity contribution < 1.29 is 19.1 Å². The number of aryl methyl sites for hydroxylation is 1. The van der Waals surface area contributed by atoms with Crippen LogP contribution >= 0.6 is 0 Å². The van der Waals surface area contributed by atoms with E-state index in [1.54, 1.807) is 4.90 Å². The van der Waals surface area contributed by atoms with E-state index in [-0.39, 0.29) is 35.1 Å². The first-order valence-corrected chi connectivity index (χ1v) is 13.6. The number of nitrogens with zero attached hydrogens (tertiary/aromatic N) is 1.